The first-order valence-corrected chi connectivity index (χ1v) is 6.96. The van der Waals surface area contributed by atoms with Gasteiger partial charge in [0.05, 0.1) is 11.7 Å². The first-order chi connectivity index (χ1) is 9.23. The molecule has 100 valence electrons. The molecule has 2 heteroatoms. The van der Waals surface area contributed by atoms with Gasteiger partial charge >= 0.3 is 0 Å². The van der Waals surface area contributed by atoms with E-state index in [1.807, 2.05) is 18.2 Å². The maximum absolute atomic E-state index is 11.0. The molecule has 0 bridgehead atoms. The summed E-state index contributed by atoms with van der Waals surface area (Å²) in [6, 6.07) is 14.5. The number of fused-ring (bicyclic) bond motifs is 1. The van der Waals surface area contributed by atoms with Crippen LogP contribution in [0.2, 0.25) is 0 Å². The summed E-state index contributed by atoms with van der Waals surface area (Å²) >= 11 is 0. The van der Waals surface area contributed by atoms with Gasteiger partial charge in [-0.1, -0.05) is 42.5 Å². The smallest absolute Gasteiger partial charge is 0.0904 e. The van der Waals surface area contributed by atoms with E-state index < -0.39 is 5.60 Å². The zero-order chi connectivity index (χ0) is 13.3. The van der Waals surface area contributed by atoms with Crippen LogP contribution in [0, 0.1) is 0 Å². The Morgan fingerprint density at radius 2 is 1.74 bits per heavy atom. The van der Waals surface area contributed by atoms with Crippen LogP contribution in [-0.2, 0) is 10.3 Å². The molecular formula is C17H20O2. The van der Waals surface area contributed by atoms with Crippen molar-refractivity contribution in [3.05, 3.63) is 48.0 Å². The maximum Gasteiger partial charge on any atom is 0.0904 e. The van der Waals surface area contributed by atoms with Gasteiger partial charge in [-0.15, -0.1) is 0 Å². The van der Waals surface area contributed by atoms with Crippen molar-refractivity contribution in [2.45, 2.75) is 37.4 Å². The Balaban J connectivity index is 2.00. The standard InChI is InChI=1S/C17H20O2/c1-19-14-9-11-17(18,12-10-14)16-8-4-6-13-5-2-3-7-15(13)16/h2-8,14,18H,9-12H2,1H3. The van der Waals surface area contributed by atoms with E-state index in [0.717, 1.165) is 31.2 Å². The highest BCUT2D eigenvalue weighted by atomic mass is 16.5. The number of benzene rings is 2. The summed E-state index contributed by atoms with van der Waals surface area (Å²) < 4.78 is 5.40. The van der Waals surface area contributed by atoms with Crippen molar-refractivity contribution < 1.29 is 9.84 Å². The van der Waals surface area contributed by atoms with E-state index in [-0.39, 0.29) is 0 Å². The molecule has 0 amide bonds. The van der Waals surface area contributed by atoms with Crippen LogP contribution in [0.3, 0.4) is 0 Å². The molecule has 1 saturated carbocycles. The molecule has 2 nitrogen and oxygen atoms in total. The fourth-order valence-electron chi connectivity index (χ4n) is 3.21. The van der Waals surface area contributed by atoms with E-state index in [1.165, 1.54) is 10.8 Å². The predicted molar refractivity (Wildman–Crippen MR) is 77.1 cm³/mol. The highest BCUT2D eigenvalue weighted by Gasteiger charge is 2.35. The average molecular weight is 256 g/mol. The van der Waals surface area contributed by atoms with Crippen molar-refractivity contribution >= 4 is 10.8 Å². The van der Waals surface area contributed by atoms with E-state index >= 15 is 0 Å². The van der Waals surface area contributed by atoms with Gasteiger partial charge in [-0.25, -0.2) is 0 Å². The quantitative estimate of drug-likeness (QED) is 0.889. The molecule has 1 aliphatic carbocycles. The predicted octanol–water partition coefficient (Wildman–Crippen LogP) is 3.62. The second-order valence-corrected chi connectivity index (χ2v) is 5.49. The molecule has 0 atom stereocenters. The van der Waals surface area contributed by atoms with E-state index in [9.17, 15) is 5.11 Å². The Hall–Kier alpha value is -1.38. The highest BCUT2D eigenvalue weighted by Crippen LogP contribution is 2.40. The van der Waals surface area contributed by atoms with Crippen molar-refractivity contribution in [2.75, 3.05) is 7.11 Å². The number of hydrogen-bond donors (Lipinski definition) is 1. The first-order valence-electron chi connectivity index (χ1n) is 6.96. The lowest BCUT2D eigenvalue weighted by molar-refractivity contribution is -0.0465. The van der Waals surface area contributed by atoms with Crippen molar-refractivity contribution in [3.8, 4) is 0 Å². The van der Waals surface area contributed by atoms with E-state index in [1.54, 1.807) is 7.11 Å². The normalized spacial score (nSPS) is 27.6. The first kappa shape index (κ1) is 12.6. The molecule has 0 aromatic heterocycles. The lowest BCUT2D eigenvalue weighted by Gasteiger charge is -2.36. The van der Waals surface area contributed by atoms with Crippen LogP contribution < -0.4 is 0 Å². The van der Waals surface area contributed by atoms with Gasteiger partial charge in [0.1, 0.15) is 0 Å². The van der Waals surface area contributed by atoms with Gasteiger partial charge in [0.15, 0.2) is 0 Å². The van der Waals surface area contributed by atoms with Crippen molar-refractivity contribution in [2.24, 2.45) is 0 Å². The van der Waals surface area contributed by atoms with Crippen LogP contribution in [0.5, 0.6) is 0 Å². The molecule has 2 aromatic rings. The van der Waals surface area contributed by atoms with E-state index in [2.05, 4.69) is 24.3 Å². The SMILES string of the molecule is COC1CCC(O)(c2cccc3ccccc23)CC1. The minimum Gasteiger partial charge on any atom is -0.385 e. The minimum atomic E-state index is -0.699. The van der Waals surface area contributed by atoms with Crippen LogP contribution >= 0.6 is 0 Å². The zero-order valence-corrected chi connectivity index (χ0v) is 11.3. The van der Waals surface area contributed by atoms with Gasteiger partial charge in [0, 0.05) is 7.11 Å². The van der Waals surface area contributed by atoms with Crippen molar-refractivity contribution in [3.63, 3.8) is 0 Å². The summed E-state index contributed by atoms with van der Waals surface area (Å²) in [6.45, 7) is 0. The molecule has 0 heterocycles. The molecule has 0 saturated heterocycles. The summed E-state index contributed by atoms with van der Waals surface area (Å²) in [5.74, 6) is 0. The van der Waals surface area contributed by atoms with Gasteiger partial charge < -0.3 is 9.84 Å². The molecular weight excluding hydrogens is 236 g/mol. The minimum absolute atomic E-state index is 0.301. The fourth-order valence-corrected chi connectivity index (χ4v) is 3.21. The van der Waals surface area contributed by atoms with Crippen LogP contribution in [-0.4, -0.2) is 18.3 Å². The third-order valence-corrected chi connectivity index (χ3v) is 4.38. The second-order valence-electron chi connectivity index (χ2n) is 5.49. The molecule has 19 heavy (non-hydrogen) atoms. The van der Waals surface area contributed by atoms with E-state index in [4.69, 9.17) is 4.74 Å². The Bertz CT molecular complexity index is 563. The third kappa shape index (κ3) is 2.26. The van der Waals surface area contributed by atoms with Crippen LogP contribution in [0.15, 0.2) is 42.5 Å². The molecule has 1 fully saturated rings. The number of aliphatic hydroxyl groups is 1. The fraction of sp³-hybridized carbons (Fsp3) is 0.412. The summed E-state index contributed by atoms with van der Waals surface area (Å²) in [7, 11) is 1.76. The van der Waals surface area contributed by atoms with Gasteiger partial charge in [-0.05, 0) is 42.0 Å². The Morgan fingerprint density at radius 1 is 1.05 bits per heavy atom. The summed E-state index contributed by atoms with van der Waals surface area (Å²) in [5.41, 5.74) is 0.371. The van der Waals surface area contributed by atoms with Gasteiger partial charge in [-0.3, -0.25) is 0 Å². The average Bonchev–Trinajstić information content (AvgIpc) is 2.47. The Labute approximate surface area is 114 Å². The van der Waals surface area contributed by atoms with Gasteiger partial charge in [-0.2, -0.15) is 0 Å². The molecule has 0 aliphatic heterocycles. The number of methoxy groups -OCH3 is 1. The molecule has 2 aromatic carbocycles. The molecule has 1 aliphatic rings. The van der Waals surface area contributed by atoms with Crippen LogP contribution in [0.25, 0.3) is 10.8 Å². The molecule has 3 rings (SSSR count). The molecule has 0 spiro atoms. The molecule has 1 N–H and O–H groups in total. The van der Waals surface area contributed by atoms with E-state index in [0.29, 0.717) is 6.10 Å². The monoisotopic (exact) mass is 256 g/mol. The van der Waals surface area contributed by atoms with Crippen LogP contribution in [0.4, 0.5) is 0 Å². The molecule has 0 unspecified atom stereocenters. The van der Waals surface area contributed by atoms with Crippen molar-refractivity contribution in [1.82, 2.24) is 0 Å². The number of hydrogen-bond acceptors (Lipinski definition) is 2. The summed E-state index contributed by atoms with van der Waals surface area (Å²) in [6.07, 6.45) is 3.71. The zero-order valence-electron chi connectivity index (χ0n) is 11.3. The second kappa shape index (κ2) is 4.95. The number of rotatable bonds is 2. The van der Waals surface area contributed by atoms with Gasteiger partial charge in [0.2, 0.25) is 0 Å². The summed E-state index contributed by atoms with van der Waals surface area (Å²) in [4.78, 5) is 0. The van der Waals surface area contributed by atoms with Crippen molar-refractivity contribution in [1.29, 1.82) is 0 Å². The van der Waals surface area contributed by atoms with Crippen LogP contribution in [0.1, 0.15) is 31.2 Å². The molecule has 0 radical (unpaired) electrons. The third-order valence-electron chi connectivity index (χ3n) is 4.38. The topological polar surface area (TPSA) is 29.5 Å². The lowest BCUT2D eigenvalue weighted by Crippen LogP contribution is -2.34. The maximum atomic E-state index is 11.0. The van der Waals surface area contributed by atoms with Gasteiger partial charge in [0.25, 0.3) is 0 Å². The largest absolute Gasteiger partial charge is 0.385 e. The number of ether oxygens (including phenoxy) is 1. The summed E-state index contributed by atoms with van der Waals surface area (Å²) in [5, 5.41) is 13.4. The lowest BCUT2D eigenvalue weighted by atomic mass is 9.77. The highest BCUT2D eigenvalue weighted by molar-refractivity contribution is 5.86. The Morgan fingerprint density at radius 3 is 2.47 bits per heavy atom. The Kier molecular flexibility index (Phi) is 3.29.